The van der Waals surface area contributed by atoms with E-state index in [1.807, 2.05) is 16.9 Å². The third-order valence-corrected chi connectivity index (χ3v) is 3.32. The van der Waals surface area contributed by atoms with Crippen LogP contribution >= 0.6 is 0 Å². The fourth-order valence-electron chi connectivity index (χ4n) is 1.91. The highest BCUT2D eigenvalue weighted by molar-refractivity contribution is 5.21. The average molecular weight is 277 g/mol. The topological polar surface area (TPSA) is 39.1 Å². The number of hydrogen-bond donors (Lipinski definition) is 1. The Balaban J connectivity index is 1.69. The summed E-state index contributed by atoms with van der Waals surface area (Å²) in [5.74, 6) is 0.429. The molecule has 0 amide bonds. The third-order valence-electron chi connectivity index (χ3n) is 3.32. The minimum atomic E-state index is -0.253. The van der Waals surface area contributed by atoms with Gasteiger partial charge in [0, 0.05) is 25.0 Å². The first kappa shape index (κ1) is 14.5. The Kier molecular flexibility index (Phi) is 5.12. The zero-order chi connectivity index (χ0) is 14.4. The molecule has 0 aliphatic carbocycles. The zero-order valence-corrected chi connectivity index (χ0v) is 11.8. The summed E-state index contributed by atoms with van der Waals surface area (Å²) in [6.07, 6.45) is 3.73. The molecule has 2 aromatic rings. The Morgan fingerprint density at radius 3 is 2.70 bits per heavy atom. The Morgan fingerprint density at radius 1 is 1.30 bits per heavy atom. The summed E-state index contributed by atoms with van der Waals surface area (Å²) in [4.78, 5) is 0. The van der Waals surface area contributed by atoms with Crippen molar-refractivity contribution < 1.29 is 9.13 Å². The van der Waals surface area contributed by atoms with Crippen LogP contribution < -0.4 is 10.1 Å². The maximum Gasteiger partial charge on any atom is 0.123 e. The van der Waals surface area contributed by atoms with Gasteiger partial charge in [0.15, 0.2) is 0 Å². The van der Waals surface area contributed by atoms with Crippen LogP contribution in [0, 0.1) is 5.82 Å². The summed E-state index contributed by atoms with van der Waals surface area (Å²) in [5.41, 5.74) is 0. The second kappa shape index (κ2) is 7.05. The highest BCUT2D eigenvalue weighted by atomic mass is 19.1. The first-order valence-electron chi connectivity index (χ1n) is 6.77. The van der Waals surface area contributed by atoms with Crippen LogP contribution in [0.25, 0.3) is 0 Å². The van der Waals surface area contributed by atoms with Gasteiger partial charge < -0.3 is 10.1 Å². The molecule has 0 saturated heterocycles. The maximum atomic E-state index is 12.7. The number of nitrogens with one attached hydrogen (secondary N) is 1. The first-order chi connectivity index (χ1) is 9.66. The van der Waals surface area contributed by atoms with Crippen LogP contribution in [0.2, 0.25) is 0 Å². The predicted octanol–water partition coefficient (Wildman–Crippen LogP) is 2.64. The van der Waals surface area contributed by atoms with Gasteiger partial charge >= 0.3 is 0 Å². The molecule has 1 heterocycles. The van der Waals surface area contributed by atoms with Crippen LogP contribution in [0.4, 0.5) is 4.39 Å². The largest absolute Gasteiger partial charge is 0.492 e. The minimum Gasteiger partial charge on any atom is -0.492 e. The Bertz CT molecular complexity index is 498. The smallest absolute Gasteiger partial charge is 0.123 e. The molecule has 5 heteroatoms. The van der Waals surface area contributed by atoms with E-state index in [2.05, 4.69) is 24.3 Å². The van der Waals surface area contributed by atoms with Gasteiger partial charge in [-0.05, 0) is 44.2 Å². The van der Waals surface area contributed by atoms with Crippen molar-refractivity contribution in [3.63, 3.8) is 0 Å². The van der Waals surface area contributed by atoms with Gasteiger partial charge in [0.2, 0.25) is 0 Å². The van der Waals surface area contributed by atoms with E-state index in [0.29, 0.717) is 12.4 Å². The summed E-state index contributed by atoms with van der Waals surface area (Å²) in [5, 5.41) is 7.62. The lowest BCUT2D eigenvalue weighted by Crippen LogP contribution is -2.36. The lowest BCUT2D eigenvalue weighted by Gasteiger charge is -2.21. The summed E-state index contributed by atoms with van der Waals surface area (Å²) in [6.45, 7) is 5.50. The van der Waals surface area contributed by atoms with Gasteiger partial charge in [-0.1, -0.05) is 0 Å². The zero-order valence-electron chi connectivity index (χ0n) is 11.8. The molecule has 108 valence electrons. The van der Waals surface area contributed by atoms with Crippen LogP contribution in [0.5, 0.6) is 5.75 Å². The number of hydrogen-bond acceptors (Lipinski definition) is 3. The van der Waals surface area contributed by atoms with Crippen molar-refractivity contribution in [2.75, 3.05) is 13.2 Å². The lowest BCUT2D eigenvalue weighted by molar-refractivity contribution is 0.288. The molecule has 4 nitrogen and oxygen atoms in total. The van der Waals surface area contributed by atoms with Crippen LogP contribution in [0.1, 0.15) is 19.9 Å². The number of aromatic nitrogens is 2. The number of nitrogens with zero attached hydrogens (tertiary/aromatic N) is 2. The van der Waals surface area contributed by atoms with Crippen LogP contribution in [-0.2, 0) is 0 Å². The van der Waals surface area contributed by atoms with Gasteiger partial charge in [0.05, 0.1) is 6.04 Å². The van der Waals surface area contributed by atoms with E-state index in [4.69, 9.17) is 4.74 Å². The number of ether oxygens (including phenoxy) is 1. The molecular weight excluding hydrogens is 257 g/mol. The Hall–Kier alpha value is -1.88. The molecule has 0 saturated carbocycles. The molecule has 1 aromatic carbocycles. The highest BCUT2D eigenvalue weighted by Crippen LogP contribution is 2.11. The molecular formula is C15H20FN3O. The molecule has 1 N–H and O–H groups in total. The van der Waals surface area contributed by atoms with E-state index >= 15 is 0 Å². The molecule has 0 aliphatic heterocycles. The standard InChI is InChI=1S/C15H20FN3O/c1-12(13(2)19-10-3-8-18-19)17-9-11-20-15-6-4-14(16)5-7-15/h3-8,10,12-13,17H,9,11H2,1-2H3/t12-,13-/m0/s1. The Morgan fingerprint density at radius 2 is 2.05 bits per heavy atom. The normalized spacial score (nSPS) is 13.9. The number of benzene rings is 1. The lowest BCUT2D eigenvalue weighted by atomic mass is 10.2. The summed E-state index contributed by atoms with van der Waals surface area (Å²) in [7, 11) is 0. The van der Waals surface area contributed by atoms with Gasteiger partial charge in [-0.15, -0.1) is 0 Å². The molecule has 0 fully saturated rings. The van der Waals surface area contributed by atoms with Crippen molar-refractivity contribution in [1.29, 1.82) is 0 Å². The van der Waals surface area contributed by atoms with E-state index in [0.717, 1.165) is 6.54 Å². The van der Waals surface area contributed by atoms with Crippen molar-refractivity contribution in [3.8, 4) is 5.75 Å². The van der Waals surface area contributed by atoms with Gasteiger partial charge in [0.25, 0.3) is 0 Å². The predicted molar refractivity (Wildman–Crippen MR) is 76.3 cm³/mol. The number of halogens is 1. The van der Waals surface area contributed by atoms with Gasteiger partial charge in [-0.3, -0.25) is 4.68 Å². The quantitative estimate of drug-likeness (QED) is 0.791. The van der Waals surface area contributed by atoms with Crippen LogP contribution in [0.15, 0.2) is 42.7 Å². The van der Waals surface area contributed by atoms with Crippen molar-refractivity contribution in [2.45, 2.75) is 25.9 Å². The van der Waals surface area contributed by atoms with E-state index in [9.17, 15) is 4.39 Å². The SMILES string of the molecule is C[C@H](NCCOc1ccc(F)cc1)[C@H](C)n1cccn1. The van der Waals surface area contributed by atoms with Crippen molar-refractivity contribution in [3.05, 3.63) is 48.5 Å². The molecule has 0 radical (unpaired) electrons. The first-order valence-corrected chi connectivity index (χ1v) is 6.77. The van der Waals surface area contributed by atoms with Crippen molar-refractivity contribution >= 4 is 0 Å². The minimum absolute atomic E-state index is 0.253. The molecule has 0 spiro atoms. The van der Waals surface area contributed by atoms with E-state index in [1.165, 1.54) is 12.1 Å². The number of rotatable bonds is 7. The van der Waals surface area contributed by atoms with Gasteiger partial charge in [-0.2, -0.15) is 5.10 Å². The molecule has 0 aliphatic rings. The summed E-state index contributed by atoms with van der Waals surface area (Å²) in [6, 6.07) is 8.52. The average Bonchev–Trinajstić information content (AvgIpc) is 2.98. The van der Waals surface area contributed by atoms with Crippen LogP contribution in [0.3, 0.4) is 0 Å². The molecule has 0 bridgehead atoms. The van der Waals surface area contributed by atoms with E-state index in [1.54, 1.807) is 18.3 Å². The van der Waals surface area contributed by atoms with Crippen LogP contribution in [-0.4, -0.2) is 29.0 Å². The summed E-state index contributed by atoms with van der Waals surface area (Å²) < 4.78 is 20.2. The summed E-state index contributed by atoms with van der Waals surface area (Å²) >= 11 is 0. The van der Waals surface area contributed by atoms with E-state index < -0.39 is 0 Å². The Labute approximate surface area is 118 Å². The maximum absolute atomic E-state index is 12.7. The molecule has 1 aromatic heterocycles. The highest BCUT2D eigenvalue weighted by Gasteiger charge is 2.12. The third kappa shape index (κ3) is 4.06. The molecule has 2 atom stereocenters. The molecule has 20 heavy (non-hydrogen) atoms. The van der Waals surface area contributed by atoms with Gasteiger partial charge in [0.1, 0.15) is 18.2 Å². The monoisotopic (exact) mass is 277 g/mol. The second-order valence-corrected chi connectivity index (χ2v) is 4.77. The van der Waals surface area contributed by atoms with Crippen molar-refractivity contribution in [1.82, 2.24) is 15.1 Å². The van der Waals surface area contributed by atoms with E-state index in [-0.39, 0.29) is 17.9 Å². The fraction of sp³-hybridized carbons (Fsp3) is 0.400. The molecule has 2 rings (SSSR count). The second-order valence-electron chi connectivity index (χ2n) is 4.77. The van der Waals surface area contributed by atoms with Gasteiger partial charge in [-0.25, -0.2) is 4.39 Å². The van der Waals surface area contributed by atoms with Crippen molar-refractivity contribution in [2.24, 2.45) is 0 Å². The fourth-order valence-corrected chi connectivity index (χ4v) is 1.91. The molecule has 0 unspecified atom stereocenters.